The van der Waals surface area contributed by atoms with Gasteiger partial charge in [0, 0.05) is 0 Å². The van der Waals surface area contributed by atoms with Crippen LogP contribution in [0.5, 0.6) is 0 Å². The van der Waals surface area contributed by atoms with Crippen molar-refractivity contribution in [3.63, 3.8) is 0 Å². The summed E-state index contributed by atoms with van der Waals surface area (Å²) in [6, 6.07) is 10.9. The van der Waals surface area contributed by atoms with E-state index in [0.29, 0.717) is 0 Å². The predicted molar refractivity (Wildman–Crippen MR) is 61.3 cm³/mol. The van der Waals surface area contributed by atoms with Crippen molar-refractivity contribution in [1.82, 2.24) is 0 Å². The van der Waals surface area contributed by atoms with Crippen molar-refractivity contribution in [2.45, 2.75) is 39.0 Å². The van der Waals surface area contributed by atoms with Crippen LogP contribution in [-0.2, 0) is 6.42 Å². The lowest BCUT2D eigenvalue weighted by Crippen LogP contribution is -1.89. The highest BCUT2D eigenvalue weighted by Gasteiger charge is 2.35. The Kier molecular flexibility index (Phi) is 3.23. The van der Waals surface area contributed by atoms with E-state index in [0.717, 1.165) is 11.8 Å². The molecule has 1 aromatic carbocycles. The third-order valence-electron chi connectivity index (χ3n) is 3.34. The third-order valence-corrected chi connectivity index (χ3v) is 3.34. The lowest BCUT2D eigenvalue weighted by Gasteiger charge is -2.00. The Bertz CT molecular complexity index is 263. The molecule has 2 atom stereocenters. The molecule has 0 saturated heterocycles. The van der Waals surface area contributed by atoms with Crippen LogP contribution in [-0.4, -0.2) is 0 Å². The van der Waals surface area contributed by atoms with Crippen LogP contribution in [0.25, 0.3) is 0 Å². The molecule has 76 valence electrons. The second-order valence-electron chi connectivity index (χ2n) is 4.59. The number of hydrogen-bond acceptors (Lipinski definition) is 0. The summed E-state index contributed by atoms with van der Waals surface area (Å²) in [4.78, 5) is 0. The quantitative estimate of drug-likeness (QED) is 0.653. The van der Waals surface area contributed by atoms with Gasteiger partial charge in [-0.15, -0.1) is 0 Å². The molecule has 2 rings (SSSR count). The molecular weight excluding hydrogens is 168 g/mol. The van der Waals surface area contributed by atoms with E-state index < -0.39 is 0 Å². The number of hydrogen-bond donors (Lipinski definition) is 0. The van der Waals surface area contributed by atoms with Crippen molar-refractivity contribution in [2.75, 3.05) is 0 Å². The Hall–Kier alpha value is -0.780. The minimum Gasteiger partial charge on any atom is -0.0654 e. The highest BCUT2D eigenvalue weighted by molar-refractivity contribution is 5.16. The Morgan fingerprint density at radius 2 is 1.93 bits per heavy atom. The maximum absolute atomic E-state index is 2.29. The van der Waals surface area contributed by atoms with Gasteiger partial charge in [0.15, 0.2) is 0 Å². The van der Waals surface area contributed by atoms with Gasteiger partial charge in [0.05, 0.1) is 0 Å². The average Bonchev–Trinajstić information content (AvgIpc) is 2.95. The summed E-state index contributed by atoms with van der Waals surface area (Å²) in [6.07, 6.45) is 7.04. The molecule has 0 spiro atoms. The molecule has 1 saturated carbocycles. The van der Waals surface area contributed by atoms with Gasteiger partial charge in [0.25, 0.3) is 0 Å². The minimum absolute atomic E-state index is 1.00. The van der Waals surface area contributed by atoms with E-state index in [4.69, 9.17) is 0 Å². The van der Waals surface area contributed by atoms with Gasteiger partial charge in [-0.1, -0.05) is 56.5 Å². The normalized spacial score (nSPS) is 24.9. The van der Waals surface area contributed by atoms with E-state index in [1.807, 2.05) is 0 Å². The van der Waals surface area contributed by atoms with Crippen LogP contribution < -0.4 is 0 Å². The van der Waals surface area contributed by atoms with Gasteiger partial charge in [-0.25, -0.2) is 0 Å². The van der Waals surface area contributed by atoms with Crippen molar-refractivity contribution in [3.8, 4) is 0 Å². The van der Waals surface area contributed by atoms with E-state index in [1.54, 1.807) is 0 Å². The SMILES string of the molecule is CCCC[C@H]1C[C@@H]1Cc1ccccc1. The first-order valence-electron chi connectivity index (χ1n) is 5.94. The molecule has 0 radical (unpaired) electrons. The van der Waals surface area contributed by atoms with Crippen molar-refractivity contribution < 1.29 is 0 Å². The minimum atomic E-state index is 1.00. The number of unbranched alkanes of at least 4 members (excludes halogenated alkanes) is 1. The zero-order chi connectivity index (χ0) is 9.80. The molecular formula is C14H20. The molecule has 0 nitrogen and oxygen atoms in total. The number of rotatable bonds is 5. The Balaban J connectivity index is 1.74. The van der Waals surface area contributed by atoms with Gasteiger partial charge in [-0.3, -0.25) is 0 Å². The van der Waals surface area contributed by atoms with Gasteiger partial charge in [0.1, 0.15) is 0 Å². The molecule has 0 unspecified atom stereocenters. The second-order valence-corrected chi connectivity index (χ2v) is 4.59. The predicted octanol–water partition coefficient (Wildman–Crippen LogP) is 4.06. The summed E-state index contributed by atoms with van der Waals surface area (Å²) in [6.45, 7) is 2.29. The van der Waals surface area contributed by atoms with Crippen LogP contribution >= 0.6 is 0 Å². The third kappa shape index (κ3) is 2.60. The summed E-state index contributed by atoms with van der Waals surface area (Å²) in [7, 11) is 0. The fourth-order valence-electron chi connectivity index (χ4n) is 2.30. The van der Waals surface area contributed by atoms with Crippen molar-refractivity contribution in [3.05, 3.63) is 35.9 Å². The Morgan fingerprint density at radius 1 is 1.14 bits per heavy atom. The van der Waals surface area contributed by atoms with Crippen molar-refractivity contribution >= 4 is 0 Å². The lowest BCUT2D eigenvalue weighted by molar-refractivity contribution is 0.600. The van der Waals surface area contributed by atoms with Crippen LogP contribution in [0.4, 0.5) is 0 Å². The molecule has 0 aromatic heterocycles. The van der Waals surface area contributed by atoms with Gasteiger partial charge in [0.2, 0.25) is 0 Å². The largest absolute Gasteiger partial charge is 0.0654 e. The van der Waals surface area contributed by atoms with E-state index in [1.165, 1.54) is 37.7 Å². The highest BCUT2D eigenvalue weighted by atomic mass is 14.4. The zero-order valence-corrected chi connectivity index (χ0v) is 9.08. The molecule has 0 N–H and O–H groups in total. The first-order valence-corrected chi connectivity index (χ1v) is 5.94. The topological polar surface area (TPSA) is 0 Å². The second kappa shape index (κ2) is 4.63. The Labute approximate surface area is 87.3 Å². The molecule has 0 bridgehead atoms. The van der Waals surface area contributed by atoms with Crippen molar-refractivity contribution in [1.29, 1.82) is 0 Å². The van der Waals surface area contributed by atoms with Gasteiger partial charge >= 0.3 is 0 Å². The van der Waals surface area contributed by atoms with E-state index in [-0.39, 0.29) is 0 Å². The fourth-order valence-corrected chi connectivity index (χ4v) is 2.30. The maximum atomic E-state index is 2.29. The molecule has 0 amide bonds. The number of benzene rings is 1. The van der Waals surface area contributed by atoms with Crippen LogP contribution in [0.15, 0.2) is 30.3 Å². The first-order chi connectivity index (χ1) is 6.90. The fraction of sp³-hybridized carbons (Fsp3) is 0.571. The summed E-state index contributed by atoms with van der Waals surface area (Å²) in [5, 5.41) is 0. The molecule has 1 aliphatic carbocycles. The summed E-state index contributed by atoms with van der Waals surface area (Å²) < 4.78 is 0. The van der Waals surface area contributed by atoms with E-state index in [2.05, 4.69) is 37.3 Å². The maximum Gasteiger partial charge on any atom is -0.0248 e. The summed E-state index contributed by atoms with van der Waals surface area (Å²) >= 11 is 0. The van der Waals surface area contributed by atoms with Crippen molar-refractivity contribution in [2.24, 2.45) is 11.8 Å². The van der Waals surface area contributed by atoms with E-state index >= 15 is 0 Å². The lowest BCUT2D eigenvalue weighted by atomic mass is 10.1. The molecule has 0 heterocycles. The van der Waals surface area contributed by atoms with Crippen LogP contribution in [0, 0.1) is 11.8 Å². The molecule has 1 aromatic rings. The summed E-state index contributed by atoms with van der Waals surface area (Å²) in [5.41, 5.74) is 1.52. The summed E-state index contributed by atoms with van der Waals surface area (Å²) in [5.74, 6) is 2.05. The molecule has 0 heteroatoms. The van der Waals surface area contributed by atoms with Gasteiger partial charge < -0.3 is 0 Å². The van der Waals surface area contributed by atoms with E-state index in [9.17, 15) is 0 Å². The molecule has 14 heavy (non-hydrogen) atoms. The molecule has 1 aliphatic rings. The van der Waals surface area contributed by atoms with Crippen LogP contribution in [0.2, 0.25) is 0 Å². The highest BCUT2D eigenvalue weighted by Crippen LogP contribution is 2.44. The zero-order valence-electron chi connectivity index (χ0n) is 9.08. The standard InChI is InChI=1S/C14H20/c1-2-3-9-13-11-14(13)10-12-7-5-4-6-8-12/h4-8,13-14H,2-3,9-11H2,1H3/t13-,14-/m0/s1. The smallest absolute Gasteiger partial charge is 0.0248 e. The molecule has 1 fully saturated rings. The average molecular weight is 188 g/mol. The monoisotopic (exact) mass is 188 g/mol. The first kappa shape index (κ1) is 9.76. The Morgan fingerprint density at radius 3 is 2.64 bits per heavy atom. The van der Waals surface area contributed by atoms with Crippen LogP contribution in [0.3, 0.4) is 0 Å². The molecule has 0 aliphatic heterocycles. The van der Waals surface area contributed by atoms with Crippen LogP contribution in [0.1, 0.15) is 38.2 Å². The van der Waals surface area contributed by atoms with Gasteiger partial charge in [-0.2, -0.15) is 0 Å². The van der Waals surface area contributed by atoms with Gasteiger partial charge in [-0.05, 0) is 30.2 Å².